The van der Waals surface area contributed by atoms with Crippen LogP contribution in [0.5, 0.6) is 0 Å². The second kappa shape index (κ2) is 9.63. The largest absolute Gasteiger partial charge is 0.351 e. The van der Waals surface area contributed by atoms with Gasteiger partial charge in [-0.3, -0.25) is 0 Å². The summed E-state index contributed by atoms with van der Waals surface area (Å²) in [5.41, 5.74) is 5.36. The Morgan fingerprint density at radius 3 is 1.53 bits per heavy atom. The highest BCUT2D eigenvalue weighted by Crippen LogP contribution is 2.46. The summed E-state index contributed by atoms with van der Waals surface area (Å²) >= 11 is 0. The molecule has 0 saturated carbocycles. The fourth-order valence-corrected chi connectivity index (χ4v) is 5.80. The molecule has 3 N–H and O–H groups in total. The molecule has 0 saturated heterocycles. The predicted molar refractivity (Wildman–Crippen MR) is 79.6 cm³/mol. The molecule has 0 radical (unpaired) electrons. The Kier molecular flexibility index (Phi) is 9.41. The van der Waals surface area contributed by atoms with E-state index in [0.717, 1.165) is 17.3 Å². The Bertz CT molecular complexity index is 188. The average Bonchev–Trinajstić information content (AvgIpc) is 2.30. The lowest BCUT2D eigenvalue weighted by Crippen LogP contribution is -2.37. The van der Waals surface area contributed by atoms with E-state index in [1.807, 2.05) is 0 Å². The van der Waals surface area contributed by atoms with E-state index in [1.54, 1.807) is 0 Å². The molecule has 104 valence electrons. The summed E-state index contributed by atoms with van der Waals surface area (Å²) in [6.45, 7) is 6.61. The van der Waals surface area contributed by atoms with Gasteiger partial charge in [-0.1, -0.05) is 40.0 Å². The van der Waals surface area contributed by atoms with Crippen molar-refractivity contribution < 1.29 is 4.79 Å². The van der Waals surface area contributed by atoms with E-state index in [2.05, 4.69) is 25.5 Å². The number of hydrogen-bond donors (Lipinski definition) is 2. The van der Waals surface area contributed by atoms with Crippen LogP contribution in [0.3, 0.4) is 0 Å². The lowest BCUT2D eigenvalue weighted by molar-refractivity contribution is 0.254. The number of carbonyl (C=O) groups is 1. The zero-order valence-corrected chi connectivity index (χ0v) is 12.6. The van der Waals surface area contributed by atoms with Crippen molar-refractivity contribution in [3.63, 3.8) is 0 Å². The van der Waals surface area contributed by atoms with Gasteiger partial charge in [-0.15, -0.1) is 0 Å². The van der Waals surface area contributed by atoms with Gasteiger partial charge in [-0.05, 0) is 36.5 Å². The summed E-state index contributed by atoms with van der Waals surface area (Å²) in [5.74, 6) is 3.44. The zero-order chi connectivity index (χ0) is 13.1. The molecular formula is C13H30N2OS. The predicted octanol–water partition coefficient (Wildman–Crippen LogP) is 3.77. The van der Waals surface area contributed by atoms with E-state index in [1.165, 1.54) is 38.5 Å². The molecule has 0 bridgehead atoms. The third kappa shape index (κ3) is 7.53. The van der Waals surface area contributed by atoms with E-state index >= 15 is 0 Å². The molecule has 0 fully saturated rings. The van der Waals surface area contributed by atoms with Crippen LogP contribution in [0.2, 0.25) is 0 Å². The lowest BCUT2D eigenvalue weighted by Gasteiger charge is -2.40. The van der Waals surface area contributed by atoms with E-state index in [4.69, 9.17) is 5.73 Å². The highest BCUT2D eigenvalue weighted by Gasteiger charge is 2.23. The Labute approximate surface area is 108 Å². The van der Waals surface area contributed by atoms with Crippen LogP contribution in [0.4, 0.5) is 4.79 Å². The van der Waals surface area contributed by atoms with Gasteiger partial charge in [0.05, 0.1) is 0 Å². The van der Waals surface area contributed by atoms with Gasteiger partial charge in [0.15, 0.2) is 0 Å². The van der Waals surface area contributed by atoms with Gasteiger partial charge in [-0.2, -0.15) is 10.2 Å². The minimum atomic E-state index is -1.01. The van der Waals surface area contributed by atoms with Crippen LogP contribution < -0.4 is 10.5 Å². The van der Waals surface area contributed by atoms with E-state index in [-0.39, 0.29) is 6.03 Å². The number of hydrogen-bond acceptors (Lipinski definition) is 1. The van der Waals surface area contributed by atoms with Crippen LogP contribution in [0.15, 0.2) is 0 Å². The van der Waals surface area contributed by atoms with Gasteiger partial charge < -0.3 is 10.5 Å². The molecule has 0 spiro atoms. The van der Waals surface area contributed by atoms with Gasteiger partial charge in [0, 0.05) is 0 Å². The summed E-state index contributed by atoms with van der Waals surface area (Å²) in [7, 11) is -1.01. The summed E-state index contributed by atoms with van der Waals surface area (Å²) in [6, 6.07) is -0.330. The number of rotatable bonds is 10. The molecule has 0 aromatic heterocycles. The minimum absolute atomic E-state index is 0.330. The molecule has 0 atom stereocenters. The van der Waals surface area contributed by atoms with Gasteiger partial charge >= 0.3 is 6.03 Å². The standard InChI is InChI=1S/C13H30N2OS/c1-4-7-10-17(11-8-5-2,12-9-6-3)15-13(14)16/h4-12H2,1-3H3,(H3,14,15,16). The molecule has 3 nitrogen and oxygen atoms in total. The van der Waals surface area contributed by atoms with Crippen LogP contribution in [0.25, 0.3) is 0 Å². The second-order valence-electron chi connectivity index (χ2n) is 4.68. The van der Waals surface area contributed by atoms with Crippen molar-refractivity contribution in [3.8, 4) is 0 Å². The van der Waals surface area contributed by atoms with Crippen molar-refractivity contribution in [3.05, 3.63) is 0 Å². The average molecular weight is 262 g/mol. The molecule has 0 aliphatic heterocycles. The molecule has 4 heteroatoms. The van der Waals surface area contributed by atoms with Gasteiger partial charge in [-0.25, -0.2) is 4.79 Å². The van der Waals surface area contributed by atoms with Gasteiger partial charge in [0.2, 0.25) is 0 Å². The topological polar surface area (TPSA) is 55.1 Å². The fourth-order valence-electron chi connectivity index (χ4n) is 1.93. The maximum Gasteiger partial charge on any atom is 0.320 e. The quantitative estimate of drug-likeness (QED) is 0.618. The molecular weight excluding hydrogens is 232 g/mol. The van der Waals surface area contributed by atoms with Crippen molar-refractivity contribution in [2.75, 3.05) is 17.3 Å². The summed E-state index contributed by atoms with van der Waals surface area (Å²) < 4.78 is 3.12. The normalized spacial score (nSPS) is 12.4. The van der Waals surface area contributed by atoms with E-state index < -0.39 is 10.2 Å². The van der Waals surface area contributed by atoms with Crippen molar-refractivity contribution in [2.24, 2.45) is 5.73 Å². The molecule has 0 aliphatic carbocycles. The van der Waals surface area contributed by atoms with E-state index in [9.17, 15) is 4.79 Å². The first kappa shape index (κ1) is 16.6. The molecule has 0 rings (SSSR count). The number of nitrogens with two attached hydrogens (primary N) is 1. The van der Waals surface area contributed by atoms with Crippen molar-refractivity contribution in [1.82, 2.24) is 4.72 Å². The summed E-state index contributed by atoms with van der Waals surface area (Å²) in [4.78, 5) is 11.2. The Balaban J connectivity index is 4.56. The van der Waals surface area contributed by atoms with Gasteiger partial charge in [0.25, 0.3) is 0 Å². The van der Waals surface area contributed by atoms with Crippen LogP contribution in [0, 0.1) is 0 Å². The van der Waals surface area contributed by atoms with Crippen LogP contribution in [0.1, 0.15) is 59.3 Å². The van der Waals surface area contributed by atoms with Crippen molar-refractivity contribution in [2.45, 2.75) is 59.3 Å². The molecule has 0 heterocycles. The highest BCUT2D eigenvalue weighted by molar-refractivity contribution is 8.32. The molecule has 0 aliphatic rings. The number of carbonyl (C=O) groups excluding carboxylic acids is 1. The molecule has 0 unspecified atom stereocenters. The number of urea groups is 1. The smallest absolute Gasteiger partial charge is 0.320 e. The summed E-state index contributed by atoms with van der Waals surface area (Å²) in [6.07, 6.45) is 7.16. The molecule has 17 heavy (non-hydrogen) atoms. The third-order valence-electron chi connectivity index (χ3n) is 2.98. The van der Waals surface area contributed by atoms with Crippen LogP contribution in [-0.4, -0.2) is 23.3 Å². The third-order valence-corrected chi connectivity index (χ3v) is 6.83. The Hall–Kier alpha value is -0.380. The first-order valence-corrected chi connectivity index (χ1v) is 9.07. The first-order chi connectivity index (χ1) is 8.10. The Morgan fingerprint density at radius 1 is 0.941 bits per heavy atom. The number of primary amides is 1. The highest BCUT2D eigenvalue weighted by atomic mass is 32.3. The number of amides is 2. The summed E-state index contributed by atoms with van der Waals surface area (Å²) in [5, 5.41) is 0. The SMILES string of the molecule is CCCCS(CCCC)(CCCC)NC(N)=O. The monoisotopic (exact) mass is 262 g/mol. The zero-order valence-electron chi connectivity index (χ0n) is 11.8. The van der Waals surface area contributed by atoms with Crippen molar-refractivity contribution in [1.29, 1.82) is 0 Å². The molecule has 0 aromatic rings. The van der Waals surface area contributed by atoms with Crippen LogP contribution >= 0.6 is 10.2 Å². The minimum Gasteiger partial charge on any atom is -0.351 e. The maximum absolute atomic E-state index is 11.2. The number of nitrogens with one attached hydrogen (secondary N) is 1. The number of unbranched alkanes of at least 4 members (excludes halogenated alkanes) is 3. The van der Waals surface area contributed by atoms with Crippen molar-refractivity contribution >= 4 is 16.2 Å². The molecule has 0 aromatic carbocycles. The van der Waals surface area contributed by atoms with Crippen LogP contribution in [-0.2, 0) is 0 Å². The molecule has 2 amide bonds. The fraction of sp³-hybridized carbons (Fsp3) is 0.923. The van der Waals surface area contributed by atoms with Gasteiger partial charge in [0.1, 0.15) is 0 Å². The maximum atomic E-state index is 11.2. The second-order valence-corrected chi connectivity index (χ2v) is 8.20. The lowest BCUT2D eigenvalue weighted by atomic mass is 10.4. The van der Waals surface area contributed by atoms with E-state index in [0.29, 0.717) is 0 Å². The first-order valence-electron chi connectivity index (χ1n) is 6.93. The Morgan fingerprint density at radius 2 is 1.29 bits per heavy atom.